The van der Waals surface area contributed by atoms with Crippen LogP contribution in [0.3, 0.4) is 0 Å². The Morgan fingerprint density at radius 1 is 1.03 bits per heavy atom. The molecule has 2 amide bonds. The number of amides is 2. The normalized spacial score (nSPS) is 11.5. The molecule has 30 heavy (non-hydrogen) atoms. The van der Waals surface area contributed by atoms with Gasteiger partial charge in [0.1, 0.15) is 6.04 Å². The van der Waals surface area contributed by atoms with Crippen LogP contribution in [0.5, 0.6) is 11.5 Å². The Morgan fingerprint density at radius 3 is 2.27 bits per heavy atom. The number of hydrogen-bond donors (Lipinski definition) is 1. The zero-order valence-electron chi connectivity index (χ0n) is 17.9. The van der Waals surface area contributed by atoms with Crippen LogP contribution >= 0.6 is 11.6 Å². The summed E-state index contributed by atoms with van der Waals surface area (Å²) in [6.07, 6.45) is 0.967. The average Bonchev–Trinajstić information content (AvgIpc) is 2.77. The predicted molar refractivity (Wildman–Crippen MR) is 118 cm³/mol. The molecule has 6 nitrogen and oxygen atoms in total. The van der Waals surface area contributed by atoms with Gasteiger partial charge in [0.25, 0.3) is 0 Å². The summed E-state index contributed by atoms with van der Waals surface area (Å²) in [6.45, 7) is 4.34. The minimum atomic E-state index is -0.585. The number of carbonyl (C=O) groups excluding carboxylic acids is 2. The van der Waals surface area contributed by atoms with Gasteiger partial charge in [0.05, 0.1) is 14.2 Å². The molecule has 0 bridgehead atoms. The van der Waals surface area contributed by atoms with Crippen LogP contribution in [0.2, 0.25) is 5.02 Å². The molecule has 0 spiro atoms. The van der Waals surface area contributed by atoms with E-state index in [0.29, 0.717) is 42.5 Å². The van der Waals surface area contributed by atoms with Crippen molar-refractivity contribution in [2.75, 3.05) is 20.8 Å². The lowest BCUT2D eigenvalue weighted by Crippen LogP contribution is -2.47. The third-order valence-corrected chi connectivity index (χ3v) is 5.15. The molecule has 2 aromatic rings. The van der Waals surface area contributed by atoms with Crippen molar-refractivity contribution >= 4 is 23.4 Å². The first kappa shape index (κ1) is 23.5. The molecule has 162 valence electrons. The quantitative estimate of drug-likeness (QED) is 0.619. The predicted octanol–water partition coefficient (Wildman–Crippen LogP) is 3.84. The first-order valence-corrected chi connectivity index (χ1v) is 10.3. The van der Waals surface area contributed by atoms with Crippen molar-refractivity contribution in [1.82, 2.24) is 10.2 Å². The van der Waals surface area contributed by atoms with Gasteiger partial charge in [0, 0.05) is 24.5 Å². The molecule has 1 atom stereocenters. The number of benzene rings is 2. The summed E-state index contributed by atoms with van der Waals surface area (Å²) < 4.78 is 10.6. The molecule has 0 heterocycles. The maximum absolute atomic E-state index is 12.7. The second-order valence-corrected chi connectivity index (χ2v) is 7.34. The molecule has 0 fully saturated rings. The van der Waals surface area contributed by atoms with Crippen molar-refractivity contribution in [2.24, 2.45) is 0 Å². The molecule has 1 unspecified atom stereocenters. The van der Waals surface area contributed by atoms with E-state index in [-0.39, 0.29) is 11.8 Å². The van der Waals surface area contributed by atoms with Crippen molar-refractivity contribution in [3.8, 4) is 11.5 Å². The van der Waals surface area contributed by atoms with E-state index >= 15 is 0 Å². The number of nitrogens with one attached hydrogen (secondary N) is 1. The van der Waals surface area contributed by atoms with Gasteiger partial charge in [0.2, 0.25) is 11.8 Å². The maximum atomic E-state index is 12.7. The first-order chi connectivity index (χ1) is 14.4. The molecule has 2 aromatic carbocycles. The highest BCUT2D eigenvalue weighted by molar-refractivity contribution is 6.30. The summed E-state index contributed by atoms with van der Waals surface area (Å²) in [7, 11) is 3.18. The van der Waals surface area contributed by atoms with E-state index in [4.69, 9.17) is 21.1 Å². The van der Waals surface area contributed by atoms with Crippen molar-refractivity contribution in [2.45, 2.75) is 39.3 Å². The molecule has 0 aliphatic heterocycles. The molecule has 0 aliphatic carbocycles. The molecule has 0 saturated heterocycles. The molecule has 0 saturated carbocycles. The topological polar surface area (TPSA) is 67.9 Å². The standard InChI is InChI=1S/C23H29ClN2O4/c1-5-22(27)26(15-18-6-9-19(24)10-7-18)16(2)23(28)25-13-12-17-8-11-20(29-3)21(14-17)30-4/h6-11,14,16H,5,12-13,15H2,1-4H3,(H,25,28). The van der Waals surface area contributed by atoms with Crippen molar-refractivity contribution in [1.29, 1.82) is 0 Å². The van der Waals surface area contributed by atoms with Gasteiger partial charge in [0.15, 0.2) is 11.5 Å². The summed E-state index contributed by atoms with van der Waals surface area (Å²) in [5, 5.41) is 3.56. The minimum absolute atomic E-state index is 0.0764. The molecule has 7 heteroatoms. The Kier molecular flexibility index (Phi) is 8.99. The van der Waals surface area contributed by atoms with E-state index in [0.717, 1.165) is 11.1 Å². The summed E-state index contributed by atoms with van der Waals surface area (Å²) in [5.74, 6) is 1.05. The van der Waals surface area contributed by atoms with Gasteiger partial charge in [-0.1, -0.05) is 36.7 Å². The van der Waals surface area contributed by atoms with E-state index in [1.807, 2.05) is 30.3 Å². The highest BCUT2D eigenvalue weighted by Gasteiger charge is 2.24. The van der Waals surface area contributed by atoms with Gasteiger partial charge in [-0.3, -0.25) is 9.59 Å². The monoisotopic (exact) mass is 432 g/mol. The van der Waals surface area contributed by atoms with Gasteiger partial charge >= 0.3 is 0 Å². The lowest BCUT2D eigenvalue weighted by atomic mass is 10.1. The zero-order valence-corrected chi connectivity index (χ0v) is 18.7. The van der Waals surface area contributed by atoms with Gasteiger partial charge in [-0.05, 0) is 48.7 Å². The maximum Gasteiger partial charge on any atom is 0.242 e. The molecule has 2 rings (SSSR count). The fourth-order valence-electron chi connectivity index (χ4n) is 3.09. The van der Waals surface area contributed by atoms with Crippen LogP contribution in [0.15, 0.2) is 42.5 Å². The van der Waals surface area contributed by atoms with Crippen LogP contribution in [0.4, 0.5) is 0 Å². The molecular weight excluding hydrogens is 404 g/mol. The van der Waals surface area contributed by atoms with Gasteiger partial charge in [-0.25, -0.2) is 0 Å². The fourth-order valence-corrected chi connectivity index (χ4v) is 3.21. The minimum Gasteiger partial charge on any atom is -0.493 e. The zero-order chi connectivity index (χ0) is 22.1. The second kappa shape index (κ2) is 11.5. The highest BCUT2D eigenvalue weighted by atomic mass is 35.5. The third kappa shape index (κ3) is 6.39. The van der Waals surface area contributed by atoms with Crippen molar-refractivity contribution < 1.29 is 19.1 Å². The number of methoxy groups -OCH3 is 2. The van der Waals surface area contributed by atoms with Crippen LogP contribution in [0.1, 0.15) is 31.4 Å². The number of nitrogens with zero attached hydrogens (tertiary/aromatic N) is 1. The number of hydrogen-bond acceptors (Lipinski definition) is 4. The smallest absolute Gasteiger partial charge is 0.242 e. The van der Waals surface area contributed by atoms with Gasteiger partial charge < -0.3 is 19.7 Å². The Bertz CT molecular complexity index is 855. The van der Waals surface area contributed by atoms with E-state index in [1.165, 1.54) is 0 Å². The lowest BCUT2D eigenvalue weighted by molar-refractivity contribution is -0.140. The third-order valence-electron chi connectivity index (χ3n) is 4.90. The van der Waals surface area contributed by atoms with E-state index < -0.39 is 6.04 Å². The van der Waals surface area contributed by atoms with Gasteiger partial charge in [-0.15, -0.1) is 0 Å². The lowest BCUT2D eigenvalue weighted by Gasteiger charge is -2.28. The first-order valence-electron chi connectivity index (χ1n) is 9.92. The van der Waals surface area contributed by atoms with Crippen molar-refractivity contribution in [3.63, 3.8) is 0 Å². The molecule has 1 N–H and O–H groups in total. The van der Waals surface area contributed by atoms with Crippen LogP contribution in [-0.4, -0.2) is 43.5 Å². The molecular formula is C23H29ClN2O4. The fraction of sp³-hybridized carbons (Fsp3) is 0.391. The number of carbonyl (C=O) groups is 2. The second-order valence-electron chi connectivity index (χ2n) is 6.91. The highest BCUT2D eigenvalue weighted by Crippen LogP contribution is 2.27. The summed E-state index contributed by atoms with van der Waals surface area (Å²) in [4.78, 5) is 26.7. The number of halogens is 1. The SMILES string of the molecule is CCC(=O)N(Cc1ccc(Cl)cc1)C(C)C(=O)NCCc1ccc(OC)c(OC)c1. The molecule has 0 aliphatic rings. The van der Waals surface area contributed by atoms with Crippen molar-refractivity contribution in [3.05, 3.63) is 58.6 Å². The average molecular weight is 433 g/mol. The van der Waals surface area contributed by atoms with Gasteiger partial charge in [-0.2, -0.15) is 0 Å². The van der Waals surface area contributed by atoms with Crippen LogP contribution in [0.25, 0.3) is 0 Å². The Hall–Kier alpha value is -2.73. The largest absolute Gasteiger partial charge is 0.493 e. The summed E-state index contributed by atoms with van der Waals surface area (Å²) >= 11 is 5.94. The number of ether oxygens (including phenoxy) is 2. The Balaban J connectivity index is 1.97. The van der Waals surface area contributed by atoms with E-state index in [9.17, 15) is 9.59 Å². The van der Waals surface area contributed by atoms with Crippen LogP contribution in [-0.2, 0) is 22.6 Å². The Labute approximate surface area is 183 Å². The molecule has 0 aromatic heterocycles. The Morgan fingerprint density at radius 2 is 1.67 bits per heavy atom. The summed E-state index contributed by atoms with van der Waals surface area (Å²) in [6, 6.07) is 12.4. The molecule has 0 radical (unpaired) electrons. The van der Waals surface area contributed by atoms with Crippen LogP contribution in [0, 0.1) is 0 Å². The summed E-state index contributed by atoms with van der Waals surface area (Å²) in [5.41, 5.74) is 1.94. The number of rotatable bonds is 10. The van der Waals surface area contributed by atoms with Crippen LogP contribution < -0.4 is 14.8 Å². The van der Waals surface area contributed by atoms with E-state index in [1.54, 1.807) is 45.1 Å². The van der Waals surface area contributed by atoms with E-state index in [2.05, 4.69) is 5.32 Å².